The highest BCUT2D eigenvalue weighted by Gasteiger charge is 2.18. The van der Waals surface area contributed by atoms with E-state index in [1.165, 1.54) is 12.1 Å². The summed E-state index contributed by atoms with van der Waals surface area (Å²) < 4.78 is 34.1. The zero-order chi connectivity index (χ0) is 27.6. The number of benzene rings is 4. The van der Waals surface area contributed by atoms with Gasteiger partial charge < -0.3 is 14.0 Å². The summed E-state index contributed by atoms with van der Waals surface area (Å²) in [4.78, 5) is 25.2. The zero-order valence-electron chi connectivity index (χ0n) is 20.1. The molecule has 1 atom stereocenters. The van der Waals surface area contributed by atoms with Crippen molar-refractivity contribution in [1.82, 2.24) is 0 Å². The molecule has 39 heavy (non-hydrogen) atoms. The van der Waals surface area contributed by atoms with Gasteiger partial charge in [-0.3, -0.25) is 4.21 Å². The zero-order valence-corrected chi connectivity index (χ0v) is 20.9. The minimum absolute atomic E-state index is 0.0957. The largest absolute Gasteiger partial charge is 0.768 e. The van der Waals surface area contributed by atoms with E-state index >= 15 is 0 Å². The number of nitrogens with zero attached hydrogens (tertiary/aromatic N) is 3. The Morgan fingerprint density at radius 2 is 1.31 bits per heavy atom. The monoisotopic (exact) mass is 536 g/mol. The van der Waals surface area contributed by atoms with Crippen LogP contribution in [0.4, 0.5) is 5.69 Å². The van der Waals surface area contributed by atoms with Crippen LogP contribution in [0.25, 0.3) is 5.76 Å². The average molecular weight is 537 g/mol. The molecule has 0 spiro atoms. The van der Waals surface area contributed by atoms with Crippen molar-refractivity contribution >= 4 is 34.5 Å². The Hall–Kier alpha value is -5.24. The second kappa shape index (κ2) is 12.8. The molecule has 192 valence electrons. The summed E-state index contributed by atoms with van der Waals surface area (Å²) in [5, 5.41) is 17.8. The molecule has 0 bridgehead atoms. The molecule has 0 aliphatic carbocycles. The van der Waals surface area contributed by atoms with Gasteiger partial charge in [-0.05, 0) is 53.5 Å². The van der Waals surface area contributed by atoms with E-state index in [2.05, 4.69) is 10.2 Å². The molecule has 0 aromatic heterocycles. The molecule has 0 radical (unpaired) electrons. The molecule has 0 aliphatic heterocycles. The average Bonchev–Trinajstić information content (AvgIpc) is 2.98. The topological polar surface area (TPSA) is 141 Å². The van der Waals surface area contributed by atoms with Gasteiger partial charge in [0.25, 0.3) is 0 Å². The molecule has 0 saturated carbocycles. The Balaban J connectivity index is 1.75. The Morgan fingerprint density at radius 3 is 1.85 bits per heavy atom. The van der Waals surface area contributed by atoms with E-state index in [0.29, 0.717) is 5.56 Å². The summed E-state index contributed by atoms with van der Waals surface area (Å²) in [7, 11) is 0. The van der Waals surface area contributed by atoms with Gasteiger partial charge in [-0.25, -0.2) is 9.59 Å². The van der Waals surface area contributed by atoms with E-state index in [9.17, 15) is 23.6 Å². The summed E-state index contributed by atoms with van der Waals surface area (Å²) in [6.07, 6.45) is 0. The lowest BCUT2D eigenvalue weighted by Crippen LogP contribution is -2.08. The number of azo groups is 1. The second-order valence-electron chi connectivity index (χ2n) is 7.73. The fourth-order valence-electron chi connectivity index (χ4n) is 3.28. The van der Waals surface area contributed by atoms with Crippen LogP contribution in [0.15, 0.2) is 130 Å². The number of esters is 2. The summed E-state index contributed by atoms with van der Waals surface area (Å²) >= 11 is -2.62. The fourth-order valence-corrected chi connectivity index (χ4v) is 3.67. The Bertz CT molecular complexity index is 1620. The number of ether oxygens (including phenoxy) is 2. The molecule has 1 unspecified atom stereocenters. The van der Waals surface area contributed by atoms with Gasteiger partial charge in [0.15, 0.2) is 11.5 Å². The van der Waals surface area contributed by atoms with Gasteiger partial charge in [-0.2, -0.15) is 5.26 Å². The maximum Gasteiger partial charge on any atom is 0.343 e. The van der Waals surface area contributed by atoms with Crippen LogP contribution in [0.1, 0.15) is 26.3 Å². The number of nitriles is 1. The SMILES string of the molecule is N#CC(N=Nc1cc(S(=O)[O-])ccc1OC(=O)c1ccccc1)=C(OC(=O)c1ccccc1)c1ccccc1. The maximum atomic E-state index is 12.8. The number of carbonyl (C=O) groups is 2. The van der Waals surface area contributed by atoms with Gasteiger partial charge in [0.05, 0.1) is 11.1 Å². The number of rotatable bonds is 8. The van der Waals surface area contributed by atoms with Crippen molar-refractivity contribution in [2.45, 2.75) is 4.90 Å². The van der Waals surface area contributed by atoms with Crippen LogP contribution in [-0.4, -0.2) is 20.7 Å². The fraction of sp³-hybridized carbons (Fsp3) is 0. The first-order valence-corrected chi connectivity index (χ1v) is 12.4. The van der Waals surface area contributed by atoms with Gasteiger partial charge in [0.2, 0.25) is 5.70 Å². The molecular weight excluding hydrogens is 518 g/mol. The molecule has 4 aromatic rings. The maximum absolute atomic E-state index is 12.8. The predicted octanol–water partition coefficient (Wildman–Crippen LogP) is 5.98. The summed E-state index contributed by atoms with van der Waals surface area (Å²) in [5.41, 5.74) is 0.368. The van der Waals surface area contributed by atoms with Gasteiger partial charge in [0, 0.05) is 10.5 Å². The normalized spacial score (nSPS) is 12.2. The quantitative estimate of drug-likeness (QED) is 0.0674. The summed E-state index contributed by atoms with van der Waals surface area (Å²) in [6.45, 7) is 0. The highest BCUT2D eigenvalue weighted by molar-refractivity contribution is 7.79. The lowest BCUT2D eigenvalue weighted by molar-refractivity contribution is 0.0688. The molecule has 0 heterocycles. The van der Waals surface area contributed by atoms with Gasteiger partial charge in [0.1, 0.15) is 11.8 Å². The highest BCUT2D eigenvalue weighted by atomic mass is 32.2. The number of hydrogen-bond acceptors (Lipinski definition) is 9. The van der Waals surface area contributed by atoms with E-state index in [4.69, 9.17) is 9.47 Å². The Labute approximate surface area is 226 Å². The van der Waals surface area contributed by atoms with Gasteiger partial charge in [-0.1, -0.05) is 66.7 Å². The minimum atomic E-state index is -2.62. The molecule has 0 amide bonds. The third kappa shape index (κ3) is 6.95. The van der Waals surface area contributed by atoms with E-state index < -0.39 is 23.0 Å². The molecular formula is C29H18N3O6S-. The van der Waals surface area contributed by atoms with Crippen LogP contribution < -0.4 is 4.74 Å². The Kier molecular flexibility index (Phi) is 8.82. The molecule has 0 N–H and O–H groups in total. The first kappa shape index (κ1) is 26.8. The van der Waals surface area contributed by atoms with Crippen molar-refractivity contribution < 1.29 is 27.8 Å². The smallest absolute Gasteiger partial charge is 0.343 e. The first-order valence-electron chi connectivity index (χ1n) is 11.4. The number of hydrogen-bond donors (Lipinski definition) is 0. The molecule has 9 nitrogen and oxygen atoms in total. The van der Waals surface area contributed by atoms with Gasteiger partial charge >= 0.3 is 11.9 Å². The van der Waals surface area contributed by atoms with Crippen LogP contribution >= 0.6 is 0 Å². The van der Waals surface area contributed by atoms with Crippen molar-refractivity contribution in [3.8, 4) is 11.8 Å². The minimum Gasteiger partial charge on any atom is -0.768 e. The molecule has 0 aliphatic rings. The van der Waals surface area contributed by atoms with Crippen LogP contribution in [0.2, 0.25) is 0 Å². The second-order valence-corrected chi connectivity index (χ2v) is 8.67. The molecule has 4 rings (SSSR count). The van der Waals surface area contributed by atoms with E-state index in [0.717, 1.165) is 6.07 Å². The van der Waals surface area contributed by atoms with Crippen LogP contribution in [0.5, 0.6) is 5.75 Å². The van der Waals surface area contributed by atoms with Crippen molar-refractivity contribution in [2.75, 3.05) is 0 Å². The summed E-state index contributed by atoms with van der Waals surface area (Å²) in [6, 6.07) is 30.2. The van der Waals surface area contributed by atoms with Crippen LogP contribution in [-0.2, 0) is 15.8 Å². The molecule has 0 fully saturated rings. The third-order valence-corrected chi connectivity index (χ3v) is 5.79. The standard InChI is InChI=1S/C29H19N3O6S/c30-19-25(27(20-10-4-1-5-11-20)38-29(34)22-14-8-3-9-15-22)32-31-24-18-23(39(35)36)16-17-26(24)37-28(33)21-12-6-2-7-13-21/h1-18H,(H,35,36)/p-1. The highest BCUT2D eigenvalue weighted by Crippen LogP contribution is 2.32. The first-order chi connectivity index (χ1) is 19.0. The van der Waals surface area contributed by atoms with Crippen molar-refractivity contribution in [1.29, 1.82) is 5.26 Å². The molecule has 4 aromatic carbocycles. The third-order valence-electron chi connectivity index (χ3n) is 5.15. The number of allylic oxidation sites excluding steroid dienone is 1. The summed E-state index contributed by atoms with van der Waals surface area (Å²) in [5.74, 6) is -1.69. The van der Waals surface area contributed by atoms with E-state index in [1.54, 1.807) is 91.0 Å². The van der Waals surface area contributed by atoms with Crippen molar-refractivity contribution in [2.24, 2.45) is 10.2 Å². The molecule has 10 heteroatoms. The van der Waals surface area contributed by atoms with Crippen LogP contribution in [0, 0.1) is 11.3 Å². The number of carbonyl (C=O) groups excluding carboxylic acids is 2. The Morgan fingerprint density at radius 1 is 0.769 bits per heavy atom. The lowest BCUT2D eigenvalue weighted by Gasteiger charge is -2.11. The molecule has 0 saturated heterocycles. The van der Waals surface area contributed by atoms with Crippen molar-refractivity contribution in [3.05, 3.63) is 132 Å². The van der Waals surface area contributed by atoms with E-state index in [1.807, 2.05) is 6.07 Å². The van der Waals surface area contributed by atoms with Gasteiger partial charge in [-0.15, -0.1) is 10.2 Å². The van der Waals surface area contributed by atoms with E-state index in [-0.39, 0.29) is 38.9 Å². The predicted molar refractivity (Wildman–Crippen MR) is 140 cm³/mol. The lowest BCUT2D eigenvalue weighted by atomic mass is 10.1. The van der Waals surface area contributed by atoms with Crippen LogP contribution in [0.3, 0.4) is 0 Å². The van der Waals surface area contributed by atoms with Crippen molar-refractivity contribution in [3.63, 3.8) is 0 Å².